The van der Waals surface area contributed by atoms with Crippen molar-refractivity contribution in [3.63, 3.8) is 0 Å². The van der Waals surface area contributed by atoms with Gasteiger partial charge in [0.15, 0.2) is 0 Å². The fraction of sp³-hybridized carbons (Fsp3) is 0.714. The predicted octanol–water partition coefficient (Wildman–Crippen LogP) is 1.75. The Morgan fingerprint density at radius 1 is 1.52 bits per heavy atom. The van der Waals surface area contributed by atoms with E-state index in [1.165, 1.54) is 4.31 Å². The van der Waals surface area contributed by atoms with Crippen LogP contribution in [0.2, 0.25) is 0 Å². The Kier molecular flexibility index (Phi) is 6.19. The minimum absolute atomic E-state index is 0.419. The molecule has 1 aromatic rings. The highest BCUT2D eigenvalue weighted by molar-refractivity contribution is 7.86. The predicted molar refractivity (Wildman–Crippen MR) is 87.5 cm³/mol. The normalized spacial score (nSPS) is 21.0. The number of piperidine rings is 1. The molecule has 1 fully saturated rings. The quantitative estimate of drug-likeness (QED) is 0.828. The fourth-order valence-electron chi connectivity index (χ4n) is 2.67. The first kappa shape index (κ1) is 16.9. The topological polar surface area (TPSA) is 52.7 Å². The summed E-state index contributed by atoms with van der Waals surface area (Å²) in [5.41, 5.74) is 1.05. The van der Waals surface area contributed by atoms with Gasteiger partial charge in [-0.05, 0) is 54.2 Å². The van der Waals surface area contributed by atoms with Crippen LogP contribution in [0, 0.1) is 5.92 Å². The van der Waals surface area contributed by atoms with Crippen molar-refractivity contribution in [3.05, 3.63) is 22.4 Å². The maximum atomic E-state index is 12.7. The molecule has 0 bridgehead atoms. The van der Waals surface area contributed by atoms with Crippen LogP contribution in [0.3, 0.4) is 0 Å². The van der Waals surface area contributed by atoms with Gasteiger partial charge in [0.25, 0.3) is 10.2 Å². The summed E-state index contributed by atoms with van der Waals surface area (Å²) in [5.74, 6) is 0.419. The number of hydrogen-bond donors (Lipinski definition) is 1. The molecular formula is C14H25N3O2S2. The van der Waals surface area contributed by atoms with Crippen LogP contribution in [0.25, 0.3) is 0 Å². The number of thiophene rings is 1. The van der Waals surface area contributed by atoms with Crippen LogP contribution in [0.4, 0.5) is 0 Å². The van der Waals surface area contributed by atoms with E-state index in [4.69, 9.17) is 0 Å². The molecule has 21 heavy (non-hydrogen) atoms. The van der Waals surface area contributed by atoms with Gasteiger partial charge in [-0.1, -0.05) is 6.92 Å². The molecule has 1 unspecified atom stereocenters. The largest absolute Gasteiger partial charge is 0.317 e. The maximum Gasteiger partial charge on any atom is 0.282 e. The number of nitrogens with zero attached hydrogens (tertiary/aromatic N) is 2. The molecule has 1 aliphatic heterocycles. The number of nitrogens with one attached hydrogen (secondary N) is 1. The lowest BCUT2D eigenvalue weighted by atomic mass is 10.00. The first-order valence-electron chi connectivity index (χ1n) is 7.47. The average Bonchev–Trinajstić information content (AvgIpc) is 2.98. The standard InChI is InChI=1S/C14H25N3O2S2/c1-3-15-9-13-5-4-7-17(11-13)21(18,19)16(2)10-14-6-8-20-12-14/h6,8,12-13,15H,3-5,7,9-11H2,1-2H3. The van der Waals surface area contributed by atoms with E-state index in [-0.39, 0.29) is 0 Å². The molecule has 7 heteroatoms. The highest BCUT2D eigenvalue weighted by Gasteiger charge is 2.31. The van der Waals surface area contributed by atoms with Crippen molar-refractivity contribution < 1.29 is 8.42 Å². The molecule has 1 aliphatic rings. The second kappa shape index (κ2) is 7.69. The van der Waals surface area contributed by atoms with Gasteiger partial charge in [0, 0.05) is 26.7 Å². The molecule has 0 amide bonds. The number of rotatable bonds is 7. The lowest BCUT2D eigenvalue weighted by Crippen LogP contribution is -2.47. The SMILES string of the molecule is CCNCC1CCCN(S(=O)(=O)N(C)Cc2ccsc2)C1. The van der Waals surface area contributed by atoms with E-state index in [0.29, 0.717) is 25.6 Å². The van der Waals surface area contributed by atoms with Crippen LogP contribution < -0.4 is 5.32 Å². The van der Waals surface area contributed by atoms with Gasteiger partial charge in [0.1, 0.15) is 0 Å². The van der Waals surface area contributed by atoms with Crippen LogP contribution in [0.15, 0.2) is 16.8 Å². The molecule has 1 atom stereocenters. The molecule has 0 radical (unpaired) electrons. The van der Waals surface area contributed by atoms with Crippen molar-refractivity contribution in [2.75, 3.05) is 33.2 Å². The zero-order valence-corrected chi connectivity index (χ0v) is 14.4. The lowest BCUT2D eigenvalue weighted by molar-refractivity contribution is 0.246. The third-order valence-corrected chi connectivity index (χ3v) is 6.50. The summed E-state index contributed by atoms with van der Waals surface area (Å²) >= 11 is 1.59. The van der Waals surface area contributed by atoms with Gasteiger partial charge >= 0.3 is 0 Å². The van der Waals surface area contributed by atoms with E-state index in [9.17, 15) is 8.42 Å². The third kappa shape index (κ3) is 4.50. The molecule has 1 saturated heterocycles. The van der Waals surface area contributed by atoms with Crippen LogP contribution in [-0.4, -0.2) is 50.3 Å². The Morgan fingerprint density at radius 2 is 2.33 bits per heavy atom. The van der Waals surface area contributed by atoms with E-state index in [1.54, 1.807) is 22.7 Å². The molecular weight excluding hydrogens is 306 g/mol. The summed E-state index contributed by atoms with van der Waals surface area (Å²) in [4.78, 5) is 0. The molecule has 120 valence electrons. The first-order valence-corrected chi connectivity index (χ1v) is 9.81. The maximum absolute atomic E-state index is 12.7. The van der Waals surface area contributed by atoms with Crippen molar-refractivity contribution in [2.24, 2.45) is 5.92 Å². The molecule has 5 nitrogen and oxygen atoms in total. The molecule has 0 aliphatic carbocycles. The van der Waals surface area contributed by atoms with Crippen LogP contribution in [0.1, 0.15) is 25.3 Å². The summed E-state index contributed by atoms with van der Waals surface area (Å²) in [7, 11) is -1.68. The molecule has 0 saturated carbocycles. The minimum Gasteiger partial charge on any atom is -0.317 e. The summed E-state index contributed by atoms with van der Waals surface area (Å²) in [6.07, 6.45) is 2.05. The van der Waals surface area contributed by atoms with E-state index in [0.717, 1.165) is 31.5 Å². The molecule has 0 spiro atoms. The van der Waals surface area contributed by atoms with E-state index in [2.05, 4.69) is 12.2 Å². The van der Waals surface area contributed by atoms with Crippen molar-refractivity contribution >= 4 is 21.5 Å². The van der Waals surface area contributed by atoms with Crippen molar-refractivity contribution in [3.8, 4) is 0 Å². The monoisotopic (exact) mass is 331 g/mol. The zero-order chi connectivity index (χ0) is 15.3. The fourth-order valence-corrected chi connectivity index (χ4v) is 4.80. The first-order chi connectivity index (χ1) is 10.0. The Bertz CT molecular complexity index is 516. The smallest absolute Gasteiger partial charge is 0.282 e. The van der Waals surface area contributed by atoms with Gasteiger partial charge in [-0.3, -0.25) is 0 Å². The van der Waals surface area contributed by atoms with Gasteiger partial charge in [0.2, 0.25) is 0 Å². The zero-order valence-electron chi connectivity index (χ0n) is 12.8. The molecule has 2 rings (SSSR count). The Balaban J connectivity index is 1.97. The van der Waals surface area contributed by atoms with E-state index in [1.807, 2.05) is 16.8 Å². The van der Waals surface area contributed by atoms with Gasteiger partial charge in [0.05, 0.1) is 0 Å². The Hall–Kier alpha value is -0.470. The second-order valence-electron chi connectivity index (χ2n) is 5.57. The van der Waals surface area contributed by atoms with Crippen molar-refractivity contribution in [1.29, 1.82) is 0 Å². The highest BCUT2D eigenvalue weighted by Crippen LogP contribution is 2.21. The second-order valence-corrected chi connectivity index (χ2v) is 8.38. The summed E-state index contributed by atoms with van der Waals surface area (Å²) < 4.78 is 28.4. The molecule has 0 aromatic carbocycles. The van der Waals surface area contributed by atoms with E-state index < -0.39 is 10.2 Å². The Morgan fingerprint density at radius 3 is 3.00 bits per heavy atom. The summed E-state index contributed by atoms with van der Waals surface area (Å²) in [6.45, 7) is 5.62. The van der Waals surface area contributed by atoms with Gasteiger partial charge in [-0.15, -0.1) is 0 Å². The summed E-state index contributed by atoms with van der Waals surface area (Å²) in [5, 5.41) is 7.29. The van der Waals surface area contributed by atoms with Crippen LogP contribution >= 0.6 is 11.3 Å². The lowest BCUT2D eigenvalue weighted by Gasteiger charge is -2.34. The Labute approximate surface area is 132 Å². The number of hydrogen-bond acceptors (Lipinski definition) is 4. The van der Waals surface area contributed by atoms with Gasteiger partial charge in [-0.25, -0.2) is 0 Å². The van der Waals surface area contributed by atoms with Crippen molar-refractivity contribution in [1.82, 2.24) is 13.9 Å². The van der Waals surface area contributed by atoms with Gasteiger partial charge < -0.3 is 5.32 Å². The average molecular weight is 332 g/mol. The highest BCUT2D eigenvalue weighted by atomic mass is 32.2. The van der Waals surface area contributed by atoms with Gasteiger partial charge in [-0.2, -0.15) is 28.4 Å². The molecule has 1 aromatic heterocycles. The van der Waals surface area contributed by atoms with Crippen molar-refractivity contribution in [2.45, 2.75) is 26.3 Å². The minimum atomic E-state index is -3.35. The summed E-state index contributed by atoms with van der Waals surface area (Å²) in [6, 6.07) is 1.97. The van der Waals surface area contributed by atoms with Crippen LogP contribution in [0.5, 0.6) is 0 Å². The third-order valence-electron chi connectivity index (χ3n) is 3.87. The van der Waals surface area contributed by atoms with Crippen LogP contribution in [-0.2, 0) is 16.8 Å². The molecule has 2 heterocycles. The molecule has 1 N–H and O–H groups in total. The van der Waals surface area contributed by atoms with E-state index >= 15 is 0 Å².